The van der Waals surface area contributed by atoms with E-state index in [-0.39, 0.29) is 11.3 Å². The number of ether oxygens (including phenoxy) is 1. The largest absolute Gasteiger partial charge is 0.378 e. The number of aryl methyl sites for hydroxylation is 1. The summed E-state index contributed by atoms with van der Waals surface area (Å²) < 4.78 is 20.6. The number of hydrogen-bond donors (Lipinski definition) is 3. The van der Waals surface area contributed by atoms with Crippen LogP contribution in [0.4, 0.5) is 26.4 Å². The van der Waals surface area contributed by atoms with Crippen molar-refractivity contribution in [3.8, 4) is 11.4 Å². The highest BCUT2D eigenvalue weighted by molar-refractivity contribution is 6.00. The van der Waals surface area contributed by atoms with Crippen molar-refractivity contribution in [2.45, 2.75) is 20.3 Å². The number of morpholine rings is 1. The average molecular weight is 479 g/mol. The summed E-state index contributed by atoms with van der Waals surface area (Å²) in [4.78, 5) is 34.9. The third-order valence-corrected chi connectivity index (χ3v) is 5.76. The molecule has 1 saturated heterocycles. The monoisotopic (exact) mass is 478 g/mol. The smallest absolute Gasteiger partial charge is 0.323 e. The van der Waals surface area contributed by atoms with Crippen LogP contribution in [0, 0.1) is 12.7 Å². The van der Waals surface area contributed by atoms with Gasteiger partial charge in [0, 0.05) is 41.3 Å². The summed E-state index contributed by atoms with van der Waals surface area (Å²) in [6.45, 7) is 6.65. The fraction of sp³-hybridized carbons (Fsp3) is 0.280. The third kappa shape index (κ3) is 5.55. The van der Waals surface area contributed by atoms with Gasteiger partial charge in [0.15, 0.2) is 5.82 Å². The molecule has 0 bridgehead atoms. The van der Waals surface area contributed by atoms with Crippen molar-refractivity contribution >= 4 is 29.1 Å². The molecule has 182 valence electrons. The minimum atomic E-state index is -0.558. The van der Waals surface area contributed by atoms with Crippen molar-refractivity contribution in [2.75, 3.05) is 41.8 Å². The first-order valence-electron chi connectivity index (χ1n) is 11.3. The van der Waals surface area contributed by atoms with Crippen LogP contribution in [0.15, 0.2) is 42.5 Å². The van der Waals surface area contributed by atoms with Gasteiger partial charge in [0.2, 0.25) is 5.91 Å². The van der Waals surface area contributed by atoms with E-state index in [1.165, 1.54) is 18.2 Å². The summed E-state index contributed by atoms with van der Waals surface area (Å²) in [5.74, 6) is -0.0137. The zero-order valence-corrected chi connectivity index (χ0v) is 19.6. The minimum Gasteiger partial charge on any atom is -0.378 e. The zero-order chi connectivity index (χ0) is 24.9. The van der Waals surface area contributed by atoms with E-state index in [2.05, 4.69) is 25.5 Å². The van der Waals surface area contributed by atoms with E-state index in [0.717, 1.165) is 17.1 Å². The number of nitrogens with two attached hydrogens (primary N) is 1. The van der Waals surface area contributed by atoms with Crippen LogP contribution in [0.3, 0.4) is 0 Å². The Morgan fingerprint density at radius 3 is 2.34 bits per heavy atom. The molecule has 0 saturated carbocycles. The van der Waals surface area contributed by atoms with Gasteiger partial charge in [-0.15, -0.1) is 0 Å². The van der Waals surface area contributed by atoms with Crippen LogP contribution in [-0.2, 0) is 11.2 Å². The second kappa shape index (κ2) is 10.5. The van der Waals surface area contributed by atoms with Crippen LogP contribution in [0.1, 0.15) is 28.5 Å². The van der Waals surface area contributed by atoms with Crippen LogP contribution in [0.25, 0.3) is 11.4 Å². The maximum absolute atomic E-state index is 15.1. The number of benzene rings is 2. The standard InChI is InChI=1S/C25H27FN6O3/c1-3-21-15(2)24(32-10-12-35-13-11-32)31-23(30-21)19-9-8-18(14-20(19)26)29-25(34)28-17-6-4-16(5-7-17)22(27)33/h4-9,14H,3,10-13H2,1-2H3,(H2,27,33)(H2,28,29,34). The topological polar surface area (TPSA) is 122 Å². The molecule has 1 fully saturated rings. The van der Waals surface area contributed by atoms with E-state index < -0.39 is 17.8 Å². The lowest BCUT2D eigenvalue weighted by atomic mass is 10.1. The molecular formula is C25H27FN6O3. The van der Waals surface area contributed by atoms with Crippen molar-refractivity contribution in [2.24, 2.45) is 5.73 Å². The summed E-state index contributed by atoms with van der Waals surface area (Å²) in [6, 6.07) is 9.93. The molecule has 0 spiro atoms. The molecule has 1 aromatic heterocycles. The first-order valence-corrected chi connectivity index (χ1v) is 11.3. The molecule has 2 aromatic carbocycles. The third-order valence-electron chi connectivity index (χ3n) is 5.76. The lowest BCUT2D eigenvalue weighted by molar-refractivity contribution is 0.1000. The van der Waals surface area contributed by atoms with Gasteiger partial charge < -0.3 is 26.0 Å². The van der Waals surface area contributed by atoms with Crippen LogP contribution >= 0.6 is 0 Å². The lowest BCUT2D eigenvalue weighted by Gasteiger charge is -2.29. The maximum atomic E-state index is 15.1. The number of urea groups is 1. The highest BCUT2D eigenvalue weighted by Gasteiger charge is 2.20. The van der Waals surface area contributed by atoms with Gasteiger partial charge >= 0.3 is 6.03 Å². The van der Waals surface area contributed by atoms with Gasteiger partial charge in [-0.1, -0.05) is 6.92 Å². The molecule has 1 aliphatic heterocycles. The average Bonchev–Trinajstić information content (AvgIpc) is 2.85. The van der Waals surface area contributed by atoms with E-state index >= 15 is 4.39 Å². The number of hydrogen-bond acceptors (Lipinski definition) is 6. The molecule has 3 aromatic rings. The van der Waals surface area contributed by atoms with Crippen LogP contribution in [0.5, 0.6) is 0 Å². The Labute approximate surface area is 202 Å². The van der Waals surface area contributed by atoms with Gasteiger partial charge in [-0.05, 0) is 55.8 Å². The fourth-order valence-electron chi connectivity index (χ4n) is 3.88. The number of primary amides is 1. The quantitative estimate of drug-likeness (QED) is 0.496. The number of carbonyl (C=O) groups excluding carboxylic acids is 2. The Bertz CT molecular complexity index is 1240. The highest BCUT2D eigenvalue weighted by Crippen LogP contribution is 2.28. The van der Waals surface area contributed by atoms with Gasteiger partial charge in [-0.3, -0.25) is 4.79 Å². The predicted octanol–water partition coefficient (Wildman–Crippen LogP) is 3.73. The molecule has 4 N–H and O–H groups in total. The second-order valence-corrected chi connectivity index (χ2v) is 8.11. The van der Waals surface area contributed by atoms with Gasteiger partial charge in [-0.25, -0.2) is 19.2 Å². The van der Waals surface area contributed by atoms with Crippen LogP contribution in [-0.4, -0.2) is 48.2 Å². The summed E-state index contributed by atoms with van der Waals surface area (Å²) >= 11 is 0. The van der Waals surface area contributed by atoms with Crippen molar-refractivity contribution in [1.29, 1.82) is 0 Å². The SMILES string of the molecule is CCc1nc(-c2ccc(NC(=O)Nc3ccc(C(N)=O)cc3)cc2F)nc(N2CCOCC2)c1C. The number of aromatic nitrogens is 2. The molecule has 35 heavy (non-hydrogen) atoms. The number of nitrogens with one attached hydrogen (secondary N) is 2. The first kappa shape index (κ1) is 24.1. The Kier molecular flexibility index (Phi) is 7.21. The summed E-state index contributed by atoms with van der Waals surface area (Å²) in [7, 11) is 0. The van der Waals surface area contributed by atoms with Crippen LogP contribution in [0.2, 0.25) is 0 Å². The highest BCUT2D eigenvalue weighted by atomic mass is 19.1. The van der Waals surface area contributed by atoms with Crippen molar-refractivity contribution in [1.82, 2.24) is 9.97 Å². The Morgan fingerprint density at radius 2 is 1.71 bits per heavy atom. The molecular weight excluding hydrogens is 451 g/mol. The number of amides is 3. The molecule has 10 heteroatoms. The van der Waals surface area contributed by atoms with Gasteiger partial charge in [0.05, 0.1) is 18.8 Å². The molecule has 1 aliphatic rings. The zero-order valence-electron chi connectivity index (χ0n) is 19.6. The number of nitrogens with zero attached hydrogens (tertiary/aromatic N) is 3. The van der Waals surface area contributed by atoms with E-state index in [1.54, 1.807) is 24.3 Å². The fourth-order valence-corrected chi connectivity index (χ4v) is 3.88. The van der Waals surface area contributed by atoms with Crippen LogP contribution < -0.4 is 21.3 Å². The number of rotatable bonds is 6. The molecule has 0 aliphatic carbocycles. The molecule has 2 heterocycles. The minimum absolute atomic E-state index is 0.252. The molecule has 9 nitrogen and oxygen atoms in total. The first-order chi connectivity index (χ1) is 16.9. The van der Waals surface area contributed by atoms with Crippen molar-refractivity contribution in [3.63, 3.8) is 0 Å². The molecule has 0 atom stereocenters. The van der Waals surface area contributed by atoms with Crippen molar-refractivity contribution in [3.05, 3.63) is 65.1 Å². The van der Waals surface area contributed by atoms with E-state index in [9.17, 15) is 9.59 Å². The predicted molar refractivity (Wildman–Crippen MR) is 132 cm³/mol. The molecule has 0 unspecified atom stereocenters. The molecule has 3 amide bonds. The van der Waals surface area contributed by atoms with E-state index in [4.69, 9.17) is 10.5 Å². The molecule has 4 rings (SSSR count). The second-order valence-electron chi connectivity index (χ2n) is 8.11. The number of halogens is 1. The Balaban J connectivity index is 1.52. The number of anilines is 3. The Hall–Kier alpha value is -4.05. The van der Waals surface area contributed by atoms with E-state index in [1.807, 2.05) is 13.8 Å². The maximum Gasteiger partial charge on any atom is 0.323 e. The lowest BCUT2D eigenvalue weighted by Crippen LogP contribution is -2.37. The summed E-state index contributed by atoms with van der Waals surface area (Å²) in [6.07, 6.45) is 0.695. The van der Waals surface area contributed by atoms with E-state index in [0.29, 0.717) is 49.8 Å². The van der Waals surface area contributed by atoms with Crippen molar-refractivity contribution < 1.29 is 18.7 Å². The van der Waals surface area contributed by atoms with Gasteiger partial charge in [-0.2, -0.15) is 0 Å². The number of carbonyl (C=O) groups is 2. The summed E-state index contributed by atoms with van der Waals surface area (Å²) in [5.41, 5.74) is 8.37. The Morgan fingerprint density at radius 1 is 1.06 bits per heavy atom. The van der Waals surface area contributed by atoms with Gasteiger partial charge in [0.1, 0.15) is 11.6 Å². The summed E-state index contributed by atoms with van der Waals surface area (Å²) in [5, 5.41) is 5.22. The normalized spacial score (nSPS) is 13.4. The molecule has 0 radical (unpaired) electrons. The van der Waals surface area contributed by atoms with Gasteiger partial charge in [0.25, 0.3) is 0 Å².